The molecule has 2 bridgehead atoms. The second-order valence-electron chi connectivity index (χ2n) is 9.19. The van der Waals surface area contributed by atoms with Crippen molar-refractivity contribution in [3.05, 3.63) is 51.7 Å². The number of pyridine rings is 1. The summed E-state index contributed by atoms with van der Waals surface area (Å²) < 4.78 is 6.29. The zero-order chi connectivity index (χ0) is 22.2. The Balaban J connectivity index is 1.37. The van der Waals surface area contributed by atoms with Crippen LogP contribution in [0.1, 0.15) is 24.0 Å². The third kappa shape index (κ3) is 2.76. The third-order valence-corrected chi connectivity index (χ3v) is 10.5. The number of aliphatic hydroxyl groups is 1. The zero-order valence-corrected chi connectivity index (χ0v) is 19.0. The zero-order valence-electron chi connectivity index (χ0n) is 17.4. The summed E-state index contributed by atoms with van der Waals surface area (Å²) >= 11 is 0. The quantitative estimate of drug-likeness (QED) is 0.393. The molecule has 2 aliphatic heterocycles. The molecule has 1 saturated heterocycles. The van der Waals surface area contributed by atoms with Crippen LogP contribution < -0.4 is 4.74 Å². The molecule has 0 unspecified atom stereocenters. The van der Waals surface area contributed by atoms with Gasteiger partial charge in [0.1, 0.15) is 17.3 Å². The minimum absolute atomic E-state index is 0.0235. The SMILES string of the molecule is CN1CC[C@]23c4c5ccc(O)c4O[C@H]2[C@@H](O)C[C@H](SSc2ccc([N+](=O)[O-])cn2)[C@H]3[C@H]1C5. The molecule has 6 rings (SSSR count). The number of nitrogens with zero attached hydrogens (tertiary/aromatic N) is 3. The van der Waals surface area contributed by atoms with Gasteiger partial charge in [-0.15, -0.1) is 0 Å². The fraction of sp³-hybridized carbons (Fsp3) is 0.500. The van der Waals surface area contributed by atoms with Gasteiger partial charge in [0.2, 0.25) is 0 Å². The lowest BCUT2D eigenvalue weighted by Crippen LogP contribution is -2.69. The lowest BCUT2D eigenvalue weighted by Gasteiger charge is -2.60. The minimum atomic E-state index is -0.629. The van der Waals surface area contributed by atoms with Crippen molar-refractivity contribution in [3.63, 3.8) is 0 Å². The van der Waals surface area contributed by atoms with Gasteiger partial charge in [0, 0.05) is 34.3 Å². The lowest BCUT2D eigenvalue weighted by molar-refractivity contribution is -0.385. The number of phenols is 1. The van der Waals surface area contributed by atoms with E-state index in [2.05, 4.69) is 16.9 Å². The molecule has 1 saturated carbocycles. The number of phenolic OH excluding ortho intramolecular Hbond substituents is 1. The molecule has 2 aliphatic carbocycles. The van der Waals surface area contributed by atoms with E-state index < -0.39 is 11.0 Å². The van der Waals surface area contributed by atoms with Gasteiger partial charge in [-0.25, -0.2) is 4.98 Å². The Bertz CT molecular complexity index is 1100. The van der Waals surface area contributed by atoms with Gasteiger partial charge in [-0.1, -0.05) is 16.9 Å². The number of likely N-dealkylation sites (N-methyl/N-ethyl adjacent to an activating group) is 1. The number of rotatable bonds is 4. The summed E-state index contributed by atoms with van der Waals surface area (Å²) in [7, 11) is 5.37. The summed E-state index contributed by atoms with van der Waals surface area (Å²) in [6.07, 6.45) is 2.69. The standard InChI is InChI=1S/C22H23N3O5S2/c1-24-7-6-22-18-11-2-4-14(26)20(18)30-21(22)15(27)9-16(19(22)13(24)8-11)31-32-17-5-3-12(10-23-17)25(28)29/h2-5,10,13,15-16,19,21,26-27H,6-9H2,1H3/t13-,15+,16+,19-,21+,22-/m1/s1. The van der Waals surface area contributed by atoms with Gasteiger partial charge in [-0.2, -0.15) is 0 Å². The summed E-state index contributed by atoms with van der Waals surface area (Å²) in [6.45, 7) is 0.927. The first-order chi connectivity index (χ1) is 15.4. The first kappa shape index (κ1) is 20.6. The molecular formula is C22H23N3O5S2. The van der Waals surface area contributed by atoms with Crippen molar-refractivity contribution in [2.24, 2.45) is 5.92 Å². The third-order valence-electron chi connectivity index (χ3n) is 7.74. The summed E-state index contributed by atoms with van der Waals surface area (Å²) in [5.74, 6) is 0.986. The monoisotopic (exact) mass is 473 g/mol. The number of piperidine rings is 1. The van der Waals surface area contributed by atoms with Gasteiger partial charge < -0.3 is 19.8 Å². The molecule has 1 spiro atoms. The molecule has 8 nitrogen and oxygen atoms in total. The van der Waals surface area contributed by atoms with Crippen molar-refractivity contribution in [1.82, 2.24) is 9.88 Å². The molecule has 0 amide bonds. The smallest absolute Gasteiger partial charge is 0.287 e. The van der Waals surface area contributed by atoms with Crippen LogP contribution in [0.4, 0.5) is 5.69 Å². The van der Waals surface area contributed by atoms with Crippen LogP contribution in [0.3, 0.4) is 0 Å². The number of aliphatic hydroxyl groups excluding tert-OH is 1. The number of aromatic nitrogens is 1. The maximum atomic E-state index is 11.2. The Morgan fingerprint density at radius 3 is 2.94 bits per heavy atom. The Labute approximate surface area is 192 Å². The molecule has 1 aromatic heterocycles. The molecule has 2 fully saturated rings. The van der Waals surface area contributed by atoms with Gasteiger partial charge in [0.05, 0.1) is 11.0 Å². The maximum Gasteiger partial charge on any atom is 0.287 e. The molecular weight excluding hydrogens is 450 g/mol. The second-order valence-corrected chi connectivity index (χ2v) is 11.6. The normalized spacial score (nSPS) is 34.6. The van der Waals surface area contributed by atoms with E-state index in [9.17, 15) is 20.3 Å². The number of benzene rings is 1. The Morgan fingerprint density at radius 2 is 2.19 bits per heavy atom. The van der Waals surface area contributed by atoms with E-state index in [1.165, 1.54) is 28.6 Å². The molecule has 10 heteroatoms. The van der Waals surface area contributed by atoms with E-state index in [-0.39, 0.29) is 34.1 Å². The Hall–Kier alpha value is -2.01. The number of nitro groups is 1. The topological polar surface area (TPSA) is 109 Å². The van der Waals surface area contributed by atoms with Gasteiger partial charge in [-0.05, 0) is 61.3 Å². The number of hydrogen-bond acceptors (Lipinski definition) is 9. The largest absolute Gasteiger partial charge is 0.504 e. The van der Waals surface area contributed by atoms with E-state index >= 15 is 0 Å². The van der Waals surface area contributed by atoms with Crippen molar-refractivity contribution in [2.45, 2.75) is 53.2 Å². The van der Waals surface area contributed by atoms with Crippen molar-refractivity contribution in [1.29, 1.82) is 0 Å². The summed E-state index contributed by atoms with van der Waals surface area (Å²) in [4.78, 5) is 17.1. The van der Waals surface area contributed by atoms with Crippen LogP contribution in [0.2, 0.25) is 0 Å². The first-order valence-electron chi connectivity index (χ1n) is 10.7. The highest BCUT2D eigenvalue weighted by molar-refractivity contribution is 8.76. The number of ether oxygens (including phenoxy) is 1. The van der Waals surface area contributed by atoms with E-state index in [1.807, 2.05) is 6.07 Å². The van der Waals surface area contributed by atoms with Crippen LogP contribution in [-0.4, -0.2) is 62.1 Å². The van der Waals surface area contributed by atoms with Crippen LogP contribution in [0.5, 0.6) is 11.5 Å². The van der Waals surface area contributed by atoms with Crippen molar-refractivity contribution in [2.75, 3.05) is 13.6 Å². The fourth-order valence-corrected chi connectivity index (χ4v) is 9.30. The predicted octanol–water partition coefficient (Wildman–Crippen LogP) is 3.14. The van der Waals surface area contributed by atoms with E-state index in [1.54, 1.807) is 22.9 Å². The molecule has 1 aromatic carbocycles. The van der Waals surface area contributed by atoms with Gasteiger partial charge in [-0.3, -0.25) is 10.1 Å². The summed E-state index contributed by atoms with van der Waals surface area (Å²) in [6, 6.07) is 7.21. The van der Waals surface area contributed by atoms with Crippen molar-refractivity contribution >= 4 is 27.3 Å². The Morgan fingerprint density at radius 1 is 1.34 bits per heavy atom. The molecule has 2 N–H and O–H groups in total. The fourth-order valence-electron chi connectivity index (χ4n) is 6.48. The summed E-state index contributed by atoms with van der Waals surface area (Å²) in [5, 5.41) is 33.5. The maximum absolute atomic E-state index is 11.2. The highest BCUT2D eigenvalue weighted by atomic mass is 33.1. The second kappa shape index (κ2) is 7.24. The molecule has 32 heavy (non-hydrogen) atoms. The molecule has 4 aliphatic rings. The van der Waals surface area contributed by atoms with E-state index in [4.69, 9.17) is 4.74 Å². The number of likely N-dealkylation sites (tertiary alicyclic amines) is 1. The van der Waals surface area contributed by atoms with Crippen molar-refractivity contribution in [3.8, 4) is 11.5 Å². The highest BCUT2D eigenvalue weighted by Gasteiger charge is 2.68. The van der Waals surface area contributed by atoms with Gasteiger partial charge >= 0.3 is 0 Å². The first-order valence-corrected chi connectivity index (χ1v) is 13.0. The average molecular weight is 474 g/mol. The molecule has 6 atom stereocenters. The van der Waals surface area contributed by atoms with Crippen LogP contribution in [0.15, 0.2) is 35.5 Å². The van der Waals surface area contributed by atoms with Crippen molar-refractivity contribution < 1.29 is 19.9 Å². The molecule has 168 valence electrons. The van der Waals surface area contributed by atoms with Crippen LogP contribution in [-0.2, 0) is 11.8 Å². The molecule has 2 aromatic rings. The average Bonchev–Trinajstić information content (AvgIpc) is 3.14. The minimum Gasteiger partial charge on any atom is -0.504 e. The number of hydrogen-bond donors (Lipinski definition) is 2. The lowest BCUT2D eigenvalue weighted by atomic mass is 9.51. The highest BCUT2D eigenvalue weighted by Crippen LogP contribution is 2.65. The van der Waals surface area contributed by atoms with Crippen LogP contribution in [0, 0.1) is 16.0 Å². The number of aromatic hydroxyl groups is 1. The predicted molar refractivity (Wildman–Crippen MR) is 121 cm³/mol. The van der Waals surface area contributed by atoms with E-state index in [0.717, 1.165) is 24.9 Å². The Kier molecular flexibility index (Phi) is 4.66. The van der Waals surface area contributed by atoms with Gasteiger partial charge in [0.25, 0.3) is 5.69 Å². The summed E-state index contributed by atoms with van der Waals surface area (Å²) in [5.41, 5.74) is 2.00. The molecule has 0 radical (unpaired) electrons. The molecule has 3 heterocycles. The van der Waals surface area contributed by atoms with E-state index in [0.29, 0.717) is 23.2 Å². The van der Waals surface area contributed by atoms with Crippen LogP contribution in [0.25, 0.3) is 0 Å². The van der Waals surface area contributed by atoms with Gasteiger partial charge in [0.15, 0.2) is 11.5 Å². The van der Waals surface area contributed by atoms with Crippen LogP contribution >= 0.6 is 21.6 Å².